The van der Waals surface area contributed by atoms with Crippen molar-refractivity contribution in [2.75, 3.05) is 9.44 Å². The highest BCUT2D eigenvalue weighted by molar-refractivity contribution is 7.93. The molecule has 0 aliphatic carbocycles. The molecule has 0 spiro atoms. The van der Waals surface area contributed by atoms with Gasteiger partial charge in [0.05, 0.1) is 15.5 Å². The Labute approximate surface area is 182 Å². The predicted octanol–water partition coefficient (Wildman–Crippen LogP) is 4.11. The molecule has 0 aromatic heterocycles. The second kappa shape index (κ2) is 8.52. The Balaban J connectivity index is 1.93. The Kier molecular flexibility index (Phi) is 6.19. The average Bonchev–Trinajstić information content (AvgIpc) is 2.69. The minimum atomic E-state index is -4.03. The van der Waals surface area contributed by atoms with Gasteiger partial charge in [0, 0.05) is 11.3 Å². The molecular formula is C22H22N2O5S2. The average molecular weight is 459 g/mol. The maximum absolute atomic E-state index is 12.9. The fourth-order valence-corrected chi connectivity index (χ4v) is 5.38. The number of sulfonamides is 2. The van der Waals surface area contributed by atoms with Gasteiger partial charge < -0.3 is 0 Å². The van der Waals surface area contributed by atoms with E-state index < -0.39 is 20.0 Å². The van der Waals surface area contributed by atoms with E-state index in [1.165, 1.54) is 49.4 Å². The van der Waals surface area contributed by atoms with Gasteiger partial charge in [-0.15, -0.1) is 0 Å². The summed E-state index contributed by atoms with van der Waals surface area (Å²) in [7, 11) is -7.98. The number of nitrogens with one attached hydrogen (secondary N) is 2. The summed E-state index contributed by atoms with van der Waals surface area (Å²) in [5.41, 5.74) is 2.11. The first-order valence-corrected chi connectivity index (χ1v) is 12.3. The Morgan fingerprint density at radius 1 is 0.742 bits per heavy atom. The minimum absolute atomic E-state index is 0.0494. The Bertz CT molecular complexity index is 1360. The lowest BCUT2D eigenvalue weighted by atomic mass is 10.2. The lowest BCUT2D eigenvalue weighted by Crippen LogP contribution is -2.17. The number of hydrogen-bond donors (Lipinski definition) is 2. The highest BCUT2D eigenvalue weighted by Crippen LogP contribution is 2.25. The van der Waals surface area contributed by atoms with Gasteiger partial charge in [-0.25, -0.2) is 16.8 Å². The summed E-state index contributed by atoms with van der Waals surface area (Å²) in [5.74, 6) is -0.261. The summed E-state index contributed by atoms with van der Waals surface area (Å²) in [6.45, 7) is 4.82. The molecule has 0 amide bonds. The van der Waals surface area contributed by atoms with E-state index >= 15 is 0 Å². The van der Waals surface area contributed by atoms with Gasteiger partial charge >= 0.3 is 0 Å². The fourth-order valence-electron chi connectivity index (χ4n) is 2.97. The van der Waals surface area contributed by atoms with Gasteiger partial charge in [-0.2, -0.15) is 0 Å². The van der Waals surface area contributed by atoms with Gasteiger partial charge in [-0.3, -0.25) is 14.2 Å². The molecule has 0 unspecified atom stereocenters. The Hall–Kier alpha value is -3.17. The number of carbonyl (C=O) groups excluding carboxylic acids is 1. The quantitative estimate of drug-likeness (QED) is 0.518. The van der Waals surface area contributed by atoms with E-state index in [-0.39, 0.29) is 26.8 Å². The zero-order chi connectivity index (χ0) is 22.8. The third kappa shape index (κ3) is 5.31. The van der Waals surface area contributed by atoms with Crippen molar-refractivity contribution in [3.05, 3.63) is 83.4 Å². The van der Waals surface area contributed by atoms with Crippen LogP contribution in [0.15, 0.2) is 76.5 Å². The van der Waals surface area contributed by atoms with Crippen LogP contribution in [0.3, 0.4) is 0 Å². The van der Waals surface area contributed by atoms with E-state index in [9.17, 15) is 21.6 Å². The zero-order valence-electron chi connectivity index (χ0n) is 17.2. The van der Waals surface area contributed by atoms with Crippen LogP contribution in [-0.4, -0.2) is 22.6 Å². The topological polar surface area (TPSA) is 109 Å². The van der Waals surface area contributed by atoms with Crippen molar-refractivity contribution in [2.45, 2.75) is 30.6 Å². The third-order valence-electron chi connectivity index (χ3n) is 4.55. The monoisotopic (exact) mass is 458 g/mol. The predicted molar refractivity (Wildman–Crippen MR) is 120 cm³/mol. The Morgan fingerprint density at radius 3 is 2.06 bits per heavy atom. The summed E-state index contributed by atoms with van der Waals surface area (Å²) in [4.78, 5) is 11.4. The van der Waals surface area contributed by atoms with Gasteiger partial charge in [0.2, 0.25) is 0 Å². The SMILES string of the molecule is CC(=O)c1cccc(S(=O)(=O)Nc2ccc(C)c(S(=O)(=O)Nc3cccc(C)c3)c2)c1. The van der Waals surface area contributed by atoms with Crippen LogP contribution >= 0.6 is 0 Å². The van der Waals surface area contributed by atoms with Gasteiger partial charge in [0.1, 0.15) is 0 Å². The molecule has 162 valence electrons. The second-order valence-electron chi connectivity index (χ2n) is 7.14. The molecule has 0 aliphatic heterocycles. The lowest BCUT2D eigenvalue weighted by molar-refractivity contribution is 0.101. The molecule has 0 fully saturated rings. The molecule has 3 rings (SSSR count). The molecule has 0 atom stereocenters. The number of ketones is 1. The zero-order valence-corrected chi connectivity index (χ0v) is 18.8. The number of anilines is 2. The van der Waals surface area contributed by atoms with Crippen molar-refractivity contribution in [3.63, 3.8) is 0 Å². The Morgan fingerprint density at radius 2 is 1.39 bits per heavy atom. The molecule has 2 N–H and O–H groups in total. The van der Waals surface area contributed by atoms with Gasteiger partial charge in [0.15, 0.2) is 5.78 Å². The molecule has 0 aliphatic rings. The van der Waals surface area contributed by atoms with E-state index in [0.717, 1.165) is 5.56 Å². The highest BCUT2D eigenvalue weighted by atomic mass is 32.2. The van der Waals surface area contributed by atoms with Crippen LogP contribution in [0, 0.1) is 13.8 Å². The molecule has 31 heavy (non-hydrogen) atoms. The van der Waals surface area contributed by atoms with Crippen LogP contribution in [0.25, 0.3) is 0 Å². The van der Waals surface area contributed by atoms with Gasteiger partial charge in [0.25, 0.3) is 20.0 Å². The maximum Gasteiger partial charge on any atom is 0.262 e. The highest BCUT2D eigenvalue weighted by Gasteiger charge is 2.20. The molecule has 0 saturated carbocycles. The first-order valence-electron chi connectivity index (χ1n) is 9.32. The van der Waals surface area contributed by atoms with E-state index in [1.54, 1.807) is 25.1 Å². The number of hydrogen-bond acceptors (Lipinski definition) is 5. The summed E-state index contributed by atoms with van der Waals surface area (Å²) in [5, 5.41) is 0. The van der Waals surface area contributed by atoms with E-state index in [1.807, 2.05) is 13.0 Å². The van der Waals surface area contributed by atoms with E-state index in [4.69, 9.17) is 0 Å². The smallest absolute Gasteiger partial charge is 0.262 e. The van der Waals surface area contributed by atoms with Gasteiger partial charge in [-0.1, -0.05) is 30.3 Å². The van der Waals surface area contributed by atoms with Crippen molar-refractivity contribution < 1.29 is 21.6 Å². The lowest BCUT2D eigenvalue weighted by Gasteiger charge is -2.14. The molecule has 0 saturated heterocycles. The molecule has 0 radical (unpaired) electrons. The number of benzene rings is 3. The summed E-state index contributed by atoms with van der Waals surface area (Å²) < 4.78 is 56.3. The fraction of sp³-hybridized carbons (Fsp3) is 0.136. The standard InChI is InChI=1S/C22H22N2O5S2/c1-15-6-4-8-19(12-15)24-31(28,29)22-14-20(11-10-16(22)2)23-30(26,27)21-9-5-7-18(13-21)17(3)25/h4-14,23-24H,1-3H3. The third-order valence-corrected chi connectivity index (χ3v) is 7.45. The number of Topliss-reactive ketones (excluding diaryl/α,β-unsaturated/α-hetero) is 1. The largest absolute Gasteiger partial charge is 0.295 e. The number of carbonyl (C=O) groups is 1. The van der Waals surface area contributed by atoms with Crippen molar-refractivity contribution in [2.24, 2.45) is 0 Å². The van der Waals surface area contributed by atoms with E-state index in [0.29, 0.717) is 11.3 Å². The minimum Gasteiger partial charge on any atom is -0.295 e. The molecule has 0 heterocycles. The summed E-state index contributed by atoms with van der Waals surface area (Å²) in [6.07, 6.45) is 0. The summed E-state index contributed by atoms with van der Waals surface area (Å²) in [6, 6.07) is 16.8. The summed E-state index contributed by atoms with van der Waals surface area (Å²) >= 11 is 0. The molecule has 9 heteroatoms. The number of aryl methyl sites for hydroxylation is 2. The first kappa shape index (κ1) is 22.5. The van der Waals surface area contributed by atoms with Crippen LogP contribution in [-0.2, 0) is 20.0 Å². The van der Waals surface area contributed by atoms with Crippen LogP contribution in [0.1, 0.15) is 28.4 Å². The van der Waals surface area contributed by atoms with Crippen molar-refractivity contribution in [1.82, 2.24) is 0 Å². The van der Waals surface area contributed by atoms with Crippen LogP contribution in [0.4, 0.5) is 11.4 Å². The van der Waals surface area contributed by atoms with Crippen LogP contribution in [0.5, 0.6) is 0 Å². The van der Waals surface area contributed by atoms with Crippen molar-refractivity contribution in [3.8, 4) is 0 Å². The second-order valence-corrected chi connectivity index (χ2v) is 10.5. The molecule has 7 nitrogen and oxygen atoms in total. The normalized spacial score (nSPS) is 11.7. The molecule has 3 aromatic carbocycles. The maximum atomic E-state index is 12.9. The van der Waals surface area contributed by atoms with Crippen LogP contribution in [0.2, 0.25) is 0 Å². The molecule has 0 bridgehead atoms. The molecule has 3 aromatic rings. The first-order chi connectivity index (χ1) is 14.5. The van der Waals surface area contributed by atoms with E-state index in [2.05, 4.69) is 9.44 Å². The molecular weight excluding hydrogens is 436 g/mol. The van der Waals surface area contributed by atoms with Gasteiger partial charge in [-0.05, 0) is 68.3 Å². The van der Waals surface area contributed by atoms with Crippen molar-refractivity contribution >= 4 is 37.2 Å². The number of rotatable bonds is 7. The van der Waals surface area contributed by atoms with Crippen molar-refractivity contribution in [1.29, 1.82) is 0 Å². The van der Waals surface area contributed by atoms with Crippen LogP contribution < -0.4 is 9.44 Å².